The fourth-order valence-electron chi connectivity index (χ4n) is 1.43. The number of hydrogen-bond acceptors (Lipinski definition) is 3. The molecule has 0 aliphatic carbocycles. The number of likely N-dealkylation sites (tertiary alicyclic amines) is 1. The Morgan fingerprint density at radius 3 is 2.92 bits per heavy atom. The lowest BCUT2D eigenvalue weighted by molar-refractivity contribution is 0.0224. The third kappa shape index (κ3) is 2.59. The van der Waals surface area contributed by atoms with Crippen LogP contribution in [0.4, 0.5) is 4.79 Å². The first-order valence-electron chi connectivity index (χ1n) is 4.75. The van der Waals surface area contributed by atoms with Gasteiger partial charge in [0.25, 0.3) is 0 Å². The van der Waals surface area contributed by atoms with Crippen LogP contribution in [0.15, 0.2) is 0 Å². The first kappa shape index (κ1) is 10.3. The van der Waals surface area contributed by atoms with Crippen molar-refractivity contribution < 1.29 is 14.6 Å². The van der Waals surface area contributed by atoms with Gasteiger partial charge in [-0.1, -0.05) is 6.92 Å². The molecule has 4 heteroatoms. The number of nitrogens with zero attached hydrogens (tertiary/aromatic N) is 1. The lowest BCUT2D eigenvalue weighted by atomic mass is 9.96. The van der Waals surface area contributed by atoms with Crippen LogP contribution < -0.4 is 0 Å². The van der Waals surface area contributed by atoms with Crippen LogP contribution in [0.1, 0.15) is 20.3 Å². The lowest BCUT2D eigenvalue weighted by Gasteiger charge is -2.33. The maximum atomic E-state index is 11.2. The summed E-state index contributed by atoms with van der Waals surface area (Å²) in [5.74, 6) is 0.283. The molecule has 0 saturated carbocycles. The second-order valence-corrected chi connectivity index (χ2v) is 3.48. The minimum absolute atomic E-state index is 0.283. The molecule has 1 aliphatic rings. The molecule has 0 radical (unpaired) electrons. The van der Waals surface area contributed by atoms with Crippen molar-refractivity contribution in [1.82, 2.24) is 4.90 Å². The summed E-state index contributed by atoms with van der Waals surface area (Å²) in [4.78, 5) is 12.8. The quantitative estimate of drug-likeness (QED) is 0.662. The van der Waals surface area contributed by atoms with E-state index in [9.17, 15) is 9.90 Å². The van der Waals surface area contributed by atoms with Gasteiger partial charge in [-0.2, -0.15) is 0 Å². The maximum Gasteiger partial charge on any atom is 0.409 e. The number of rotatable bonds is 1. The zero-order valence-electron chi connectivity index (χ0n) is 8.19. The Morgan fingerprint density at radius 1 is 1.69 bits per heavy atom. The lowest BCUT2D eigenvalue weighted by Crippen LogP contribution is -2.46. The highest BCUT2D eigenvalue weighted by Gasteiger charge is 2.27. The fourth-order valence-corrected chi connectivity index (χ4v) is 1.43. The summed E-state index contributed by atoms with van der Waals surface area (Å²) in [6.45, 7) is 5.26. The molecule has 76 valence electrons. The van der Waals surface area contributed by atoms with Crippen molar-refractivity contribution in [2.24, 2.45) is 5.92 Å². The number of aliphatic hydroxyl groups is 1. The molecule has 1 saturated heterocycles. The second kappa shape index (κ2) is 4.46. The molecule has 2 atom stereocenters. The predicted molar refractivity (Wildman–Crippen MR) is 48.4 cm³/mol. The molecule has 4 nitrogen and oxygen atoms in total. The molecule has 0 aromatic carbocycles. The van der Waals surface area contributed by atoms with E-state index in [4.69, 9.17) is 4.74 Å². The van der Waals surface area contributed by atoms with E-state index in [1.165, 1.54) is 0 Å². The first-order valence-corrected chi connectivity index (χ1v) is 4.75. The number of amides is 1. The van der Waals surface area contributed by atoms with E-state index in [0.29, 0.717) is 19.7 Å². The first-order chi connectivity index (χ1) is 6.15. The highest BCUT2D eigenvalue weighted by Crippen LogP contribution is 2.17. The van der Waals surface area contributed by atoms with Gasteiger partial charge >= 0.3 is 6.09 Å². The number of carbonyl (C=O) groups excluding carboxylic acids is 1. The van der Waals surface area contributed by atoms with Gasteiger partial charge in [-0.3, -0.25) is 0 Å². The zero-order chi connectivity index (χ0) is 9.84. The van der Waals surface area contributed by atoms with Crippen molar-refractivity contribution in [3.8, 4) is 0 Å². The van der Waals surface area contributed by atoms with Crippen molar-refractivity contribution >= 4 is 6.09 Å². The highest BCUT2D eigenvalue weighted by molar-refractivity contribution is 5.67. The number of hydrogen-bond donors (Lipinski definition) is 1. The average Bonchev–Trinajstić information content (AvgIpc) is 2.10. The van der Waals surface area contributed by atoms with Crippen LogP contribution in [0.3, 0.4) is 0 Å². The van der Waals surface area contributed by atoms with Gasteiger partial charge in [0.05, 0.1) is 19.3 Å². The van der Waals surface area contributed by atoms with Crippen LogP contribution in [0.25, 0.3) is 0 Å². The van der Waals surface area contributed by atoms with Gasteiger partial charge in [0.2, 0.25) is 0 Å². The fraction of sp³-hybridized carbons (Fsp3) is 0.889. The Bertz CT molecular complexity index is 184. The van der Waals surface area contributed by atoms with Crippen LogP contribution >= 0.6 is 0 Å². The van der Waals surface area contributed by atoms with Gasteiger partial charge in [0.15, 0.2) is 0 Å². The maximum absolute atomic E-state index is 11.2. The topological polar surface area (TPSA) is 49.8 Å². The van der Waals surface area contributed by atoms with Gasteiger partial charge in [0.1, 0.15) is 0 Å². The Morgan fingerprint density at radius 2 is 2.38 bits per heavy atom. The second-order valence-electron chi connectivity index (χ2n) is 3.48. The summed E-state index contributed by atoms with van der Waals surface area (Å²) >= 11 is 0. The van der Waals surface area contributed by atoms with E-state index in [2.05, 4.69) is 0 Å². The van der Waals surface area contributed by atoms with E-state index >= 15 is 0 Å². The van der Waals surface area contributed by atoms with E-state index in [1.807, 2.05) is 6.92 Å². The van der Waals surface area contributed by atoms with Crippen molar-refractivity contribution in [3.05, 3.63) is 0 Å². The Kier molecular flexibility index (Phi) is 3.54. The van der Waals surface area contributed by atoms with Crippen LogP contribution in [0, 0.1) is 5.92 Å². The molecule has 1 aliphatic heterocycles. The summed E-state index contributed by atoms with van der Waals surface area (Å²) in [7, 11) is 0. The monoisotopic (exact) mass is 187 g/mol. The summed E-state index contributed by atoms with van der Waals surface area (Å²) in [5.41, 5.74) is 0. The Hall–Kier alpha value is -0.770. The molecule has 0 aromatic heterocycles. The van der Waals surface area contributed by atoms with E-state index in [-0.39, 0.29) is 12.0 Å². The minimum Gasteiger partial charge on any atom is -0.450 e. The van der Waals surface area contributed by atoms with Gasteiger partial charge < -0.3 is 14.7 Å². The predicted octanol–water partition coefficient (Wildman–Crippen LogP) is 0.846. The smallest absolute Gasteiger partial charge is 0.409 e. The molecule has 1 N–H and O–H groups in total. The van der Waals surface area contributed by atoms with Crippen LogP contribution in [0.5, 0.6) is 0 Å². The van der Waals surface area contributed by atoms with E-state index in [0.717, 1.165) is 6.42 Å². The van der Waals surface area contributed by atoms with E-state index < -0.39 is 6.10 Å². The molecular weight excluding hydrogens is 170 g/mol. The molecule has 1 fully saturated rings. The molecule has 0 bridgehead atoms. The summed E-state index contributed by atoms with van der Waals surface area (Å²) in [5, 5.41) is 9.52. The normalized spacial score (nSPS) is 28.7. The van der Waals surface area contributed by atoms with Gasteiger partial charge in [-0.05, 0) is 19.3 Å². The van der Waals surface area contributed by atoms with Crippen molar-refractivity contribution in [2.45, 2.75) is 26.4 Å². The van der Waals surface area contributed by atoms with Crippen LogP contribution in [-0.4, -0.2) is 41.9 Å². The number of β-amino-alcohol motifs (C(OH)–C–C–N with tert-alkyl or cyclic N) is 1. The van der Waals surface area contributed by atoms with Crippen molar-refractivity contribution in [2.75, 3.05) is 19.7 Å². The van der Waals surface area contributed by atoms with Gasteiger partial charge in [-0.15, -0.1) is 0 Å². The molecule has 0 unspecified atom stereocenters. The number of carbonyl (C=O) groups is 1. The molecule has 1 amide bonds. The van der Waals surface area contributed by atoms with Crippen LogP contribution in [-0.2, 0) is 4.74 Å². The zero-order valence-corrected chi connectivity index (χ0v) is 8.19. The van der Waals surface area contributed by atoms with Crippen LogP contribution in [0.2, 0.25) is 0 Å². The van der Waals surface area contributed by atoms with Gasteiger partial charge in [0, 0.05) is 6.54 Å². The number of piperidine rings is 1. The third-order valence-corrected chi connectivity index (χ3v) is 2.44. The average molecular weight is 187 g/mol. The molecule has 1 heterocycles. The third-order valence-electron chi connectivity index (χ3n) is 2.44. The molecule has 0 aromatic rings. The summed E-state index contributed by atoms with van der Waals surface area (Å²) < 4.78 is 4.84. The number of ether oxygens (including phenoxy) is 1. The SMILES string of the molecule is CCOC(=O)N1CC[C@@H](C)[C@H](O)C1. The molecular formula is C9H17NO3. The van der Waals surface area contributed by atoms with Crippen molar-refractivity contribution in [3.63, 3.8) is 0 Å². The summed E-state index contributed by atoms with van der Waals surface area (Å²) in [6, 6.07) is 0. The Labute approximate surface area is 78.5 Å². The highest BCUT2D eigenvalue weighted by atomic mass is 16.6. The van der Waals surface area contributed by atoms with Gasteiger partial charge in [-0.25, -0.2) is 4.79 Å². The molecule has 13 heavy (non-hydrogen) atoms. The largest absolute Gasteiger partial charge is 0.450 e. The molecule has 1 rings (SSSR count). The van der Waals surface area contributed by atoms with Crippen molar-refractivity contribution in [1.29, 1.82) is 0 Å². The van der Waals surface area contributed by atoms with E-state index in [1.54, 1.807) is 11.8 Å². The minimum atomic E-state index is -0.404. The number of aliphatic hydroxyl groups excluding tert-OH is 1. The Balaban J connectivity index is 2.40. The standard InChI is InChI=1S/C9H17NO3/c1-3-13-9(12)10-5-4-7(2)8(11)6-10/h7-8,11H,3-6H2,1-2H3/t7-,8-/m1/s1. The summed E-state index contributed by atoms with van der Waals surface area (Å²) in [6.07, 6.45) is 0.131. The molecule has 0 spiro atoms.